The smallest absolute Gasteiger partial charge is 0.0121 e. The van der Waals surface area contributed by atoms with Crippen molar-refractivity contribution in [2.75, 3.05) is 0 Å². The highest BCUT2D eigenvalue weighted by molar-refractivity contribution is 5.09. The van der Waals surface area contributed by atoms with Crippen LogP contribution in [0.2, 0.25) is 0 Å². The van der Waals surface area contributed by atoms with E-state index in [0.717, 1.165) is 11.8 Å². The summed E-state index contributed by atoms with van der Waals surface area (Å²) in [7, 11) is 0. The predicted molar refractivity (Wildman–Crippen MR) is 84.8 cm³/mol. The van der Waals surface area contributed by atoms with E-state index in [9.17, 15) is 0 Å². The van der Waals surface area contributed by atoms with Crippen molar-refractivity contribution in [2.45, 2.75) is 74.1 Å². The first-order chi connectivity index (χ1) is 7.96. The zero-order valence-corrected chi connectivity index (χ0v) is 12.4. The standard InChI is InChI=1S/C9H16.C8H14.CH4/c1-8(2)9(3)6-4-5-7-9;1-7(2)8-5-3-4-6-8;/h4,6,8H,5,7H2,1-3H3;5,7H,3-4,6H2,1-2H3;1H4. The molecule has 2 aliphatic rings. The molecule has 0 saturated heterocycles. The van der Waals surface area contributed by atoms with Gasteiger partial charge >= 0.3 is 0 Å². The Balaban J connectivity index is 0.000000306. The maximum atomic E-state index is 2.39. The fourth-order valence-electron chi connectivity index (χ4n) is 2.53. The van der Waals surface area contributed by atoms with Gasteiger partial charge in [-0.25, -0.2) is 0 Å². The van der Waals surface area contributed by atoms with Crippen LogP contribution in [0.25, 0.3) is 0 Å². The molecule has 0 amide bonds. The van der Waals surface area contributed by atoms with E-state index in [1.165, 1.54) is 32.1 Å². The summed E-state index contributed by atoms with van der Waals surface area (Å²) in [5, 5.41) is 0. The molecule has 0 N–H and O–H groups in total. The number of hydrogen-bond donors (Lipinski definition) is 0. The monoisotopic (exact) mass is 250 g/mol. The highest BCUT2D eigenvalue weighted by Gasteiger charge is 2.26. The molecule has 0 nitrogen and oxygen atoms in total. The van der Waals surface area contributed by atoms with E-state index >= 15 is 0 Å². The topological polar surface area (TPSA) is 0 Å². The van der Waals surface area contributed by atoms with Crippen LogP contribution in [0.15, 0.2) is 23.8 Å². The molecule has 0 aromatic carbocycles. The Morgan fingerprint density at radius 1 is 1.11 bits per heavy atom. The Kier molecular flexibility index (Phi) is 7.59. The van der Waals surface area contributed by atoms with Crippen molar-refractivity contribution >= 4 is 0 Å². The van der Waals surface area contributed by atoms with Crippen LogP contribution in [0.1, 0.15) is 74.1 Å². The molecule has 0 aromatic rings. The second-order valence-electron chi connectivity index (χ2n) is 6.43. The van der Waals surface area contributed by atoms with Crippen molar-refractivity contribution in [1.29, 1.82) is 0 Å². The van der Waals surface area contributed by atoms with Crippen LogP contribution in [0.5, 0.6) is 0 Å². The van der Waals surface area contributed by atoms with Crippen LogP contribution in [-0.4, -0.2) is 0 Å². The van der Waals surface area contributed by atoms with Crippen LogP contribution < -0.4 is 0 Å². The van der Waals surface area contributed by atoms with Gasteiger partial charge in [-0.2, -0.15) is 0 Å². The van der Waals surface area contributed by atoms with Crippen molar-refractivity contribution in [1.82, 2.24) is 0 Å². The van der Waals surface area contributed by atoms with E-state index in [0.29, 0.717) is 5.41 Å². The summed E-state index contributed by atoms with van der Waals surface area (Å²) in [6.45, 7) is 11.5. The highest BCUT2D eigenvalue weighted by atomic mass is 14.3. The number of allylic oxidation sites excluding steroid dienone is 4. The highest BCUT2D eigenvalue weighted by Crippen LogP contribution is 2.38. The van der Waals surface area contributed by atoms with Crippen molar-refractivity contribution in [3.63, 3.8) is 0 Å². The fraction of sp³-hybridized carbons (Fsp3) is 0.778. The van der Waals surface area contributed by atoms with Crippen molar-refractivity contribution in [2.24, 2.45) is 17.3 Å². The molecular formula is C18H34. The van der Waals surface area contributed by atoms with Crippen LogP contribution in [0.4, 0.5) is 0 Å². The van der Waals surface area contributed by atoms with Crippen LogP contribution in [0.3, 0.4) is 0 Å². The quantitative estimate of drug-likeness (QED) is 0.498. The maximum absolute atomic E-state index is 2.39. The molecule has 0 heterocycles. The Hall–Kier alpha value is -0.520. The zero-order valence-electron chi connectivity index (χ0n) is 12.4. The van der Waals surface area contributed by atoms with Gasteiger partial charge in [0.25, 0.3) is 0 Å². The zero-order chi connectivity index (χ0) is 12.9. The van der Waals surface area contributed by atoms with Gasteiger partial charge in [-0.3, -0.25) is 0 Å². The molecule has 2 rings (SSSR count). The van der Waals surface area contributed by atoms with E-state index in [2.05, 4.69) is 52.8 Å². The largest absolute Gasteiger partial charge is 0.0879 e. The van der Waals surface area contributed by atoms with Gasteiger partial charge in [0.15, 0.2) is 0 Å². The molecule has 0 heteroatoms. The van der Waals surface area contributed by atoms with Gasteiger partial charge in [-0.15, -0.1) is 0 Å². The molecule has 1 unspecified atom stereocenters. The first-order valence-electron chi connectivity index (χ1n) is 7.32. The minimum absolute atomic E-state index is 0. The molecule has 0 spiro atoms. The third-order valence-electron chi connectivity index (χ3n) is 4.48. The van der Waals surface area contributed by atoms with Gasteiger partial charge in [0, 0.05) is 0 Å². The van der Waals surface area contributed by atoms with Gasteiger partial charge < -0.3 is 0 Å². The molecule has 0 aromatic heterocycles. The molecule has 0 saturated carbocycles. The fourth-order valence-corrected chi connectivity index (χ4v) is 2.53. The molecule has 2 aliphatic carbocycles. The molecule has 0 radical (unpaired) electrons. The van der Waals surface area contributed by atoms with Gasteiger partial charge in [0.2, 0.25) is 0 Å². The van der Waals surface area contributed by atoms with Crippen molar-refractivity contribution < 1.29 is 0 Å². The lowest BCUT2D eigenvalue weighted by molar-refractivity contribution is 0.293. The van der Waals surface area contributed by atoms with E-state index in [4.69, 9.17) is 0 Å². The van der Waals surface area contributed by atoms with Gasteiger partial charge in [0.05, 0.1) is 0 Å². The molecule has 0 fully saturated rings. The minimum Gasteiger partial charge on any atom is -0.0879 e. The Morgan fingerprint density at radius 2 is 1.78 bits per heavy atom. The molecule has 0 aliphatic heterocycles. The maximum Gasteiger partial charge on any atom is -0.0121 e. The molecule has 106 valence electrons. The molecule has 1 atom stereocenters. The summed E-state index contributed by atoms with van der Waals surface area (Å²) in [4.78, 5) is 0. The lowest BCUT2D eigenvalue weighted by atomic mass is 9.79. The van der Waals surface area contributed by atoms with Crippen LogP contribution in [-0.2, 0) is 0 Å². The minimum atomic E-state index is 0. The number of rotatable bonds is 2. The lowest BCUT2D eigenvalue weighted by Gasteiger charge is -2.26. The van der Waals surface area contributed by atoms with Gasteiger partial charge in [0.1, 0.15) is 0 Å². The number of hydrogen-bond acceptors (Lipinski definition) is 0. The first kappa shape index (κ1) is 17.5. The second kappa shape index (κ2) is 7.81. The summed E-state index contributed by atoms with van der Waals surface area (Å²) in [5.41, 5.74) is 2.19. The molecular weight excluding hydrogens is 216 g/mol. The average Bonchev–Trinajstić information content (AvgIpc) is 2.88. The van der Waals surface area contributed by atoms with Crippen molar-refractivity contribution in [3.05, 3.63) is 23.8 Å². The predicted octanol–water partition coefficient (Wildman–Crippen LogP) is 6.39. The Bertz CT molecular complexity index is 280. The summed E-state index contributed by atoms with van der Waals surface area (Å²) in [6, 6.07) is 0. The average molecular weight is 250 g/mol. The summed E-state index contributed by atoms with van der Waals surface area (Å²) in [5.74, 6) is 1.61. The van der Waals surface area contributed by atoms with Gasteiger partial charge in [-0.1, -0.05) is 65.8 Å². The Labute approximate surface area is 116 Å². The van der Waals surface area contributed by atoms with Crippen molar-refractivity contribution in [3.8, 4) is 0 Å². The Morgan fingerprint density at radius 3 is 2.00 bits per heavy atom. The van der Waals surface area contributed by atoms with E-state index in [-0.39, 0.29) is 7.43 Å². The lowest BCUT2D eigenvalue weighted by Crippen LogP contribution is -2.17. The summed E-state index contributed by atoms with van der Waals surface area (Å²) in [6.07, 6.45) is 13.8. The SMILES string of the molecule is C.CC(C)C1(C)C=CCC1.CC(C)C1=CCCC1. The van der Waals surface area contributed by atoms with Gasteiger partial charge in [-0.05, 0) is 49.4 Å². The van der Waals surface area contributed by atoms with Crippen LogP contribution in [0, 0.1) is 17.3 Å². The van der Waals surface area contributed by atoms with E-state index in [1.54, 1.807) is 5.57 Å². The summed E-state index contributed by atoms with van der Waals surface area (Å²) >= 11 is 0. The van der Waals surface area contributed by atoms with E-state index in [1.807, 2.05) is 0 Å². The van der Waals surface area contributed by atoms with E-state index < -0.39 is 0 Å². The molecule has 0 bridgehead atoms. The third kappa shape index (κ3) is 5.00. The first-order valence-corrected chi connectivity index (χ1v) is 7.32. The normalized spacial score (nSPS) is 25.8. The third-order valence-corrected chi connectivity index (χ3v) is 4.48. The molecule has 18 heavy (non-hydrogen) atoms. The second-order valence-corrected chi connectivity index (χ2v) is 6.43. The summed E-state index contributed by atoms with van der Waals surface area (Å²) < 4.78 is 0. The van der Waals surface area contributed by atoms with Crippen LogP contribution >= 0.6 is 0 Å².